The van der Waals surface area contributed by atoms with Gasteiger partial charge in [0.15, 0.2) is 5.65 Å². The normalized spacial score (nSPS) is 12.4. The first-order valence-electron chi connectivity index (χ1n) is 7.25. The fourth-order valence-electron chi connectivity index (χ4n) is 2.46. The topological polar surface area (TPSA) is 127 Å². The molecule has 3 heterocycles. The number of fused-ring (bicyclic) bond motifs is 2. The van der Waals surface area contributed by atoms with E-state index in [2.05, 4.69) is 31.8 Å². The predicted molar refractivity (Wildman–Crippen MR) is 82.7 cm³/mol. The molecule has 0 amide bonds. The highest BCUT2D eigenvalue weighted by Crippen LogP contribution is 2.14. The number of nitrogens with one attached hydrogen (secondary N) is 2. The number of nitrogens with zero attached hydrogens (tertiary/aromatic N) is 5. The molecule has 3 rings (SSSR count). The van der Waals surface area contributed by atoms with Crippen LogP contribution in [0.4, 0.5) is 0 Å². The minimum absolute atomic E-state index is 0.166. The smallest absolute Gasteiger partial charge is 0.287 e. The number of unbranched alkanes of at least 4 members (excludes halogenated alkanes) is 2. The number of imidazole rings is 1. The summed E-state index contributed by atoms with van der Waals surface area (Å²) in [5, 5.41) is 7.17. The van der Waals surface area contributed by atoms with Gasteiger partial charge in [0, 0.05) is 6.54 Å². The maximum atomic E-state index is 12.6. The Morgan fingerprint density at radius 3 is 2.78 bits per heavy atom. The van der Waals surface area contributed by atoms with E-state index in [1.807, 2.05) is 0 Å². The molecular weight excluding hydrogens is 322 g/mol. The molecule has 11 heteroatoms. The Kier molecular flexibility index (Phi) is 3.90. The van der Waals surface area contributed by atoms with Crippen molar-refractivity contribution in [2.45, 2.75) is 37.9 Å². The summed E-state index contributed by atoms with van der Waals surface area (Å²) in [5.74, 6) is 0.166. The summed E-state index contributed by atoms with van der Waals surface area (Å²) < 4.78 is 29.0. The van der Waals surface area contributed by atoms with Gasteiger partial charge in [-0.3, -0.25) is 9.36 Å². The maximum Gasteiger partial charge on any atom is 0.287 e. The van der Waals surface area contributed by atoms with Crippen molar-refractivity contribution in [3.63, 3.8) is 0 Å². The van der Waals surface area contributed by atoms with E-state index < -0.39 is 20.7 Å². The van der Waals surface area contributed by atoms with Crippen LogP contribution in [0.5, 0.6) is 0 Å². The van der Waals surface area contributed by atoms with Crippen molar-refractivity contribution < 1.29 is 8.42 Å². The highest BCUT2D eigenvalue weighted by Gasteiger charge is 2.25. The van der Waals surface area contributed by atoms with E-state index in [1.165, 1.54) is 13.4 Å². The van der Waals surface area contributed by atoms with E-state index >= 15 is 0 Å². The van der Waals surface area contributed by atoms with Gasteiger partial charge in [-0.1, -0.05) is 19.8 Å². The van der Waals surface area contributed by atoms with Crippen LogP contribution in [0.3, 0.4) is 0 Å². The quantitative estimate of drug-likeness (QED) is 0.602. The highest BCUT2D eigenvalue weighted by molar-refractivity contribution is 7.89. The Bertz CT molecular complexity index is 1010. The van der Waals surface area contributed by atoms with Crippen molar-refractivity contribution in [1.82, 2.24) is 33.9 Å². The van der Waals surface area contributed by atoms with Gasteiger partial charge in [-0.15, -0.1) is 10.2 Å². The lowest BCUT2D eigenvalue weighted by atomic mass is 10.2. The summed E-state index contributed by atoms with van der Waals surface area (Å²) in [7, 11) is -2.65. The largest absolute Gasteiger partial charge is 0.339 e. The lowest BCUT2D eigenvalue weighted by Gasteiger charge is -2.09. The predicted octanol–water partition coefficient (Wildman–Crippen LogP) is -0.134. The number of sulfonamides is 1. The number of aryl methyl sites for hydroxylation is 1. The molecule has 0 aliphatic rings. The summed E-state index contributed by atoms with van der Waals surface area (Å²) in [6.07, 6.45) is 4.30. The third-order valence-electron chi connectivity index (χ3n) is 3.64. The molecule has 3 aromatic heterocycles. The molecule has 3 aromatic rings. The Hall–Kier alpha value is -2.27. The van der Waals surface area contributed by atoms with Crippen molar-refractivity contribution >= 4 is 27.0 Å². The minimum Gasteiger partial charge on any atom is -0.339 e. The van der Waals surface area contributed by atoms with Gasteiger partial charge < -0.3 is 4.98 Å². The van der Waals surface area contributed by atoms with Crippen molar-refractivity contribution in [3.8, 4) is 0 Å². The Balaban J connectivity index is 2.34. The third-order valence-corrected chi connectivity index (χ3v) is 4.93. The van der Waals surface area contributed by atoms with Crippen molar-refractivity contribution in [2.24, 2.45) is 0 Å². The Morgan fingerprint density at radius 1 is 1.30 bits per heavy atom. The van der Waals surface area contributed by atoms with Crippen LogP contribution in [0.15, 0.2) is 16.3 Å². The molecule has 0 atom stereocenters. The van der Waals surface area contributed by atoms with E-state index in [1.54, 1.807) is 4.57 Å². The average molecular weight is 339 g/mol. The molecule has 0 bridgehead atoms. The first-order valence-corrected chi connectivity index (χ1v) is 8.74. The van der Waals surface area contributed by atoms with Crippen LogP contribution in [-0.2, 0) is 16.6 Å². The second kappa shape index (κ2) is 5.74. The number of hydrogen-bond acceptors (Lipinski definition) is 6. The molecule has 2 N–H and O–H groups in total. The fourth-order valence-corrected chi connectivity index (χ4v) is 3.20. The van der Waals surface area contributed by atoms with E-state index in [-0.39, 0.29) is 11.3 Å². The molecular formula is C12H17N7O3S. The minimum atomic E-state index is -3.91. The van der Waals surface area contributed by atoms with Gasteiger partial charge in [0.05, 0.1) is 6.33 Å². The molecule has 0 aliphatic carbocycles. The van der Waals surface area contributed by atoms with E-state index in [0.29, 0.717) is 12.2 Å². The molecule has 0 saturated carbocycles. The molecule has 0 saturated heterocycles. The molecule has 0 radical (unpaired) electrons. The molecule has 0 fully saturated rings. The summed E-state index contributed by atoms with van der Waals surface area (Å²) in [6.45, 7) is 2.65. The molecule has 0 aliphatic heterocycles. The molecule has 0 unspecified atom stereocenters. The maximum absolute atomic E-state index is 12.6. The van der Waals surface area contributed by atoms with Gasteiger partial charge >= 0.3 is 0 Å². The SMILES string of the molecule is CCCCCn1c2nc[nH]c2c(=O)n2c(S(=O)(=O)NC)nnc12. The summed E-state index contributed by atoms with van der Waals surface area (Å²) in [4.78, 5) is 19.5. The van der Waals surface area contributed by atoms with Crippen molar-refractivity contribution in [2.75, 3.05) is 7.05 Å². The zero-order valence-corrected chi connectivity index (χ0v) is 13.6. The van der Waals surface area contributed by atoms with Gasteiger partial charge in [0.25, 0.3) is 20.7 Å². The van der Waals surface area contributed by atoms with Crippen LogP contribution < -0.4 is 10.3 Å². The van der Waals surface area contributed by atoms with Crippen LogP contribution in [0, 0.1) is 0 Å². The van der Waals surface area contributed by atoms with Crippen LogP contribution in [-0.4, -0.2) is 44.6 Å². The van der Waals surface area contributed by atoms with Crippen LogP contribution in [0.2, 0.25) is 0 Å². The molecule has 0 spiro atoms. The summed E-state index contributed by atoms with van der Waals surface area (Å²) in [6, 6.07) is 0. The molecule has 23 heavy (non-hydrogen) atoms. The number of aromatic nitrogens is 6. The lowest BCUT2D eigenvalue weighted by molar-refractivity contribution is 0.575. The number of aromatic amines is 1. The number of hydrogen-bond donors (Lipinski definition) is 2. The zero-order valence-electron chi connectivity index (χ0n) is 12.8. The van der Waals surface area contributed by atoms with Gasteiger partial charge in [-0.25, -0.2) is 22.5 Å². The van der Waals surface area contributed by atoms with Crippen LogP contribution in [0.1, 0.15) is 26.2 Å². The van der Waals surface area contributed by atoms with Gasteiger partial charge in [-0.2, -0.15) is 0 Å². The third kappa shape index (κ3) is 2.41. The Labute approximate surface area is 131 Å². The van der Waals surface area contributed by atoms with Crippen LogP contribution in [0.25, 0.3) is 16.9 Å². The second-order valence-electron chi connectivity index (χ2n) is 5.09. The summed E-state index contributed by atoms with van der Waals surface area (Å²) >= 11 is 0. The van der Waals surface area contributed by atoms with Crippen molar-refractivity contribution in [1.29, 1.82) is 0 Å². The van der Waals surface area contributed by atoms with Gasteiger partial charge in [0.1, 0.15) is 5.52 Å². The van der Waals surface area contributed by atoms with Crippen molar-refractivity contribution in [3.05, 3.63) is 16.7 Å². The second-order valence-corrected chi connectivity index (χ2v) is 6.87. The molecule has 0 aromatic carbocycles. The average Bonchev–Trinajstić information content (AvgIpc) is 3.18. The van der Waals surface area contributed by atoms with Gasteiger partial charge in [-0.05, 0) is 13.5 Å². The van der Waals surface area contributed by atoms with E-state index in [9.17, 15) is 13.2 Å². The Morgan fingerprint density at radius 2 is 2.09 bits per heavy atom. The molecule has 124 valence electrons. The highest BCUT2D eigenvalue weighted by atomic mass is 32.2. The first-order chi connectivity index (χ1) is 11.0. The first kappa shape index (κ1) is 15.6. The van der Waals surface area contributed by atoms with E-state index in [4.69, 9.17) is 0 Å². The lowest BCUT2D eigenvalue weighted by Crippen LogP contribution is -2.27. The molecule has 10 nitrogen and oxygen atoms in total. The standard InChI is InChI=1S/C12H17N7O3S/c1-3-4-5-6-18-9-8(14-7-15-9)10(20)19-11(18)16-17-12(19)23(21,22)13-2/h7,13H,3-6H2,1-2H3,(H,14,15). The number of rotatable bonds is 6. The summed E-state index contributed by atoms with van der Waals surface area (Å²) in [5.41, 5.74) is 0.124. The zero-order chi connectivity index (χ0) is 16.6. The van der Waals surface area contributed by atoms with Crippen LogP contribution >= 0.6 is 0 Å². The number of H-pyrrole nitrogens is 1. The van der Waals surface area contributed by atoms with Gasteiger partial charge in [0.2, 0.25) is 5.78 Å². The fraction of sp³-hybridized carbons (Fsp3) is 0.500. The van der Waals surface area contributed by atoms with E-state index in [0.717, 1.165) is 23.7 Å². The monoisotopic (exact) mass is 339 g/mol.